The molecule has 0 bridgehead atoms. The SMILES string of the molecule is CCOC1CCC(=O)c2cc(-c3ccccc3)n(-c3cccc(OC)c3)c21. The summed E-state index contributed by atoms with van der Waals surface area (Å²) in [7, 11) is 1.66. The highest BCUT2D eigenvalue weighted by atomic mass is 16.5. The van der Waals surface area contributed by atoms with Gasteiger partial charge >= 0.3 is 0 Å². The molecular formula is C23H23NO3. The van der Waals surface area contributed by atoms with Crippen LogP contribution in [0.5, 0.6) is 5.75 Å². The van der Waals surface area contributed by atoms with Gasteiger partial charge in [-0.05, 0) is 37.1 Å². The average molecular weight is 361 g/mol. The molecule has 2 aromatic carbocycles. The van der Waals surface area contributed by atoms with Gasteiger partial charge in [-0.1, -0.05) is 36.4 Å². The minimum atomic E-state index is -0.0913. The fraction of sp³-hybridized carbons (Fsp3) is 0.261. The van der Waals surface area contributed by atoms with Crippen LogP contribution in [0.4, 0.5) is 0 Å². The highest BCUT2D eigenvalue weighted by molar-refractivity contribution is 6.00. The number of carbonyl (C=O) groups is 1. The Hall–Kier alpha value is -2.85. The molecule has 138 valence electrons. The average Bonchev–Trinajstić information content (AvgIpc) is 3.13. The number of aromatic nitrogens is 1. The number of carbonyl (C=O) groups excluding carboxylic acids is 1. The number of nitrogens with zero attached hydrogens (tertiary/aromatic N) is 1. The Morgan fingerprint density at radius 3 is 2.63 bits per heavy atom. The van der Waals surface area contributed by atoms with Gasteiger partial charge in [-0.25, -0.2) is 0 Å². The van der Waals surface area contributed by atoms with Crippen LogP contribution in [0.1, 0.15) is 41.9 Å². The first-order valence-electron chi connectivity index (χ1n) is 9.33. The normalized spacial score (nSPS) is 16.2. The van der Waals surface area contributed by atoms with Gasteiger partial charge < -0.3 is 14.0 Å². The lowest BCUT2D eigenvalue weighted by Crippen LogP contribution is -2.20. The monoisotopic (exact) mass is 361 g/mol. The van der Waals surface area contributed by atoms with Gasteiger partial charge in [0.25, 0.3) is 0 Å². The molecule has 1 heterocycles. The topological polar surface area (TPSA) is 40.5 Å². The van der Waals surface area contributed by atoms with Crippen molar-refractivity contribution in [1.29, 1.82) is 0 Å². The molecule has 0 aliphatic heterocycles. The van der Waals surface area contributed by atoms with Crippen molar-refractivity contribution in [3.05, 3.63) is 71.9 Å². The fourth-order valence-corrected chi connectivity index (χ4v) is 3.81. The van der Waals surface area contributed by atoms with Crippen molar-refractivity contribution in [2.75, 3.05) is 13.7 Å². The summed E-state index contributed by atoms with van der Waals surface area (Å²) in [6.45, 7) is 2.61. The molecule has 0 radical (unpaired) electrons. The van der Waals surface area contributed by atoms with Crippen LogP contribution in [-0.4, -0.2) is 24.1 Å². The summed E-state index contributed by atoms with van der Waals surface area (Å²) in [6.07, 6.45) is 1.14. The second-order valence-corrected chi connectivity index (χ2v) is 6.64. The molecule has 4 nitrogen and oxygen atoms in total. The van der Waals surface area contributed by atoms with E-state index < -0.39 is 0 Å². The van der Waals surface area contributed by atoms with E-state index in [1.807, 2.05) is 55.5 Å². The van der Waals surface area contributed by atoms with Crippen LogP contribution in [-0.2, 0) is 4.74 Å². The summed E-state index contributed by atoms with van der Waals surface area (Å²) in [6, 6.07) is 20.1. The van der Waals surface area contributed by atoms with Crippen molar-refractivity contribution in [1.82, 2.24) is 4.57 Å². The van der Waals surface area contributed by atoms with Crippen molar-refractivity contribution >= 4 is 5.78 Å². The maximum absolute atomic E-state index is 12.7. The van der Waals surface area contributed by atoms with E-state index in [0.29, 0.717) is 19.4 Å². The predicted molar refractivity (Wildman–Crippen MR) is 106 cm³/mol. The molecule has 1 unspecified atom stereocenters. The molecule has 0 amide bonds. The summed E-state index contributed by atoms with van der Waals surface area (Å²) in [5, 5.41) is 0. The van der Waals surface area contributed by atoms with E-state index in [1.165, 1.54) is 0 Å². The molecule has 1 atom stereocenters. The first kappa shape index (κ1) is 17.6. The molecule has 0 spiro atoms. The first-order chi connectivity index (χ1) is 13.2. The van der Waals surface area contributed by atoms with Crippen LogP contribution in [0.2, 0.25) is 0 Å². The van der Waals surface area contributed by atoms with E-state index in [0.717, 1.165) is 34.0 Å². The molecule has 1 aromatic heterocycles. The van der Waals surface area contributed by atoms with E-state index in [9.17, 15) is 4.79 Å². The van der Waals surface area contributed by atoms with Crippen LogP contribution in [0.3, 0.4) is 0 Å². The van der Waals surface area contributed by atoms with Crippen LogP contribution in [0, 0.1) is 0 Å². The van der Waals surface area contributed by atoms with E-state index in [-0.39, 0.29) is 11.9 Å². The molecule has 3 aromatic rings. The maximum atomic E-state index is 12.7. The number of fused-ring (bicyclic) bond motifs is 1. The quantitative estimate of drug-likeness (QED) is 0.626. The van der Waals surface area contributed by atoms with Gasteiger partial charge in [-0.15, -0.1) is 0 Å². The third-order valence-electron chi connectivity index (χ3n) is 5.03. The molecule has 4 heteroatoms. The number of ether oxygens (including phenoxy) is 2. The van der Waals surface area contributed by atoms with Gasteiger partial charge in [0.1, 0.15) is 5.75 Å². The summed E-state index contributed by atoms with van der Waals surface area (Å²) < 4.78 is 13.6. The Kier molecular flexibility index (Phi) is 4.82. The molecule has 0 fully saturated rings. The van der Waals surface area contributed by atoms with Crippen LogP contribution < -0.4 is 4.74 Å². The van der Waals surface area contributed by atoms with Crippen molar-refractivity contribution < 1.29 is 14.3 Å². The second-order valence-electron chi connectivity index (χ2n) is 6.64. The minimum Gasteiger partial charge on any atom is -0.497 e. The van der Waals surface area contributed by atoms with Crippen molar-refractivity contribution in [3.8, 4) is 22.7 Å². The molecule has 0 N–H and O–H groups in total. The van der Waals surface area contributed by atoms with Crippen LogP contribution in [0.25, 0.3) is 16.9 Å². The summed E-state index contributed by atoms with van der Waals surface area (Å²) in [4.78, 5) is 12.7. The number of methoxy groups -OCH3 is 1. The van der Waals surface area contributed by atoms with Gasteiger partial charge in [0, 0.05) is 30.3 Å². The third kappa shape index (κ3) is 3.17. The molecule has 0 saturated carbocycles. The highest BCUT2D eigenvalue weighted by Crippen LogP contribution is 2.40. The largest absolute Gasteiger partial charge is 0.497 e. The smallest absolute Gasteiger partial charge is 0.164 e. The molecule has 1 aliphatic carbocycles. The van der Waals surface area contributed by atoms with E-state index in [2.05, 4.69) is 16.7 Å². The Morgan fingerprint density at radius 1 is 1.07 bits per heavy atom. The van der Waals surface area contributed by atoms with E-state index in [1.54, 1.807) is 7.11 Å². The Bertz CT molecular complexity index is 959. The van der Waals surface area contributed by atoms with Crippen molar-refractivity contribution in [2.24, 2.45) is 0 Å². The predicted octanol–water partition coefficient (Wildman–Crippen LogP) is 5.21. The number of rotatable bonds is 5. The van der Waals surface area contributed by atoms with Gasteiger partial charge in [-0.2, -0.15) is 0 Å². The molecular weight excluding hydrogens is 338 g/mol. The van der Waals surface area contributed by atoms with E-state index in [4.69, 9.17) is 9.47 Å². The molecule has 27 heavy (non-hydrogen) atoms. The Balaban J connectivity index is 2.00. The summed E-state index contributed by atoms with van der Waals surface area (Å²) in [5.74, 6) is 0.962. The Morgan fingerprint density at radius 2 is 1.89 bits per heavy atom. The second kappa shape index (κ2) is 7.41. The number of Topliss-reactive ketones (excluding diaryl/α,β-unsaturated/α-hetero) is 1. The van der Waals surface area contributed by atoms with Crippen LogP contribution >= 0.6 is 0 Å². The third-order valence-corrected chi connectivity index (χ3v) is 5.03. The molecule has 1 aliphatic rings. The minimum absolute atomic E-state index is 0.0913. The number of benzene rings is 2. The number of hydrogen-bond acceptors (Lipinski definition) is 3. The molecule has 0 saturated heterocycles. The van der Waals surface area contributed by atoms with Gasteiger partial charge in [0.15, 0.2) is 5.78 Å². The van der Waals surface area contributed by atoms with Crippen LogP contribution in [0.15, 0.2) is 60.7 Å². The zero-order valence-electron chi connectivity index (χ0n) is 15.6. The van der Waals surface area contributed by atoms with Gasteiger partial charge in [0.05, 0.1) is 24.6 Å². The summed E-state index contributed by atoms with van der Waals surface area (Å²) >= 11 is 0. The fourth-order valence-electron chi connectivity index (χ4n) is 3.81. The van der Waals surface area contributed by atoms with E-state index >= 15 is 0 Å². The molecule has 4 rings (SSSR count). The lowest BCUT2D eigenvalue weighted by Gasteiger charge is -2.25. The zero-order chi connectivity index (χ0) is 18.8. The summed E-state index contributed by atoms with van der Waals surface area (Å²) in [5.41, 5.74) is 4.74. The highest BCUT2D eigenvalue weighted by Gasteiger charge is 2.32. The lowest BCUT2D eigenvalue weighted by molar-refractivity contribution is 0.0435. The van der Waals surface area contributed by atoms with Gasteiger partial charge in [0.2, 0.25) is 0 Å². The lowest BCUT2D eigenvalue weighted by atomic mass is 9.94. The van der Waals surface area contributed by atoms with Crippen molar-refractivity contribution in [2.45, 2.75) is 25.9 Å². The standard InChI is InChI=1S/C23H23NO3/c1-3-27-22-13-12-21(25)19-15-20(16-8-5-4-6-9-16)24(23(19)22)17-10-7-11-18(14-17)26-2/h4-11,14-15,22H,3,12-13H2,1-2H3. The van der Waals surface area contributed by atoms with Crippen molar-refractivity contribution in [3.63, 3.8) is 0 Å². The maximum Gasteiger partial charge on any atom is 0.164 e. The zero-order valence-corrected chi connectivity index (χ0v) is 15.6. The number of hydrogen-bond donors (Lipinski definition) is 0. The van der Waals surface area contributed by atoms with Gasteiger partial charge in [-0.3, -0.25) is 4.79 Å². The number of ketones is 1. The Labute approximate surface area is 159 Å². The first-order valence-corrected chi connectivity index (χ1v) is 9.33.